The Labute approximate surface area is 237 Å². The molecule has 0 bridgehead atoms. The van der Waals surface area contributed by atoms with E-state index in [9.17, 15) is 14.0 Å². The van der Waals surface area contributed by atoms with Gasteiger partial charge in [0.2, 0.25) is 5.91 Å². The Balaban J connectivity index is 1.29. The van der Waals surface area contributed by atoms with Crippen LogP contribution in [0.5, 0.6) is 0 Å². The zero-order valence-electron chi connectivity index (χ0n) is 23.4. The maximum atomic E-state index is 13.3. The minimum absolute atomic E-state index is 0.184. The highest BCUT2D eigenvalue weighted by Crippen LogP contribution is 2.25. The zero-order chi connectivity index (χ0) is 28.5. The quantitative estimate of drug-likeness (QED) is 0.252. The van der Waals surface area contributed by atoms with Crippen LogP contribution < -0.4 is 5.73 Å². The molecule has 1 saturated heterocycles. The van der Waals surface area contributed by atoms with Crippen molar-refractivity contribution < 1.29 is 14.0 Å². The van der Waals surface area contributed by atoms with E-state index >= 15 is 0 Å². The van der Waals surface area contributed by atoms with Gasteiger partial charge in [0.25, 0.3) is 0 Å². The summed E-state index contributed by atoms with van der Waals surface area (Å²) in [6.07, 6.45) is 5.42. The highest BCUT2D eigenvalue weighted by atomic mass is 19.1. The number of hydrogen-bond acceptors (Lipinski definition) is 4. The molecule has 6 heteroatoms. The Bertz CT molecular complexity index is 1310. The van der Waals surface area contributed by atoms with Gasteiger partial charge in [0, 0.05) is 37.2 Å². The number of primary amides is 1. The molecule has 0 atom stereocenters. The molecule has 5 nitrogen and oxygen atoms in total. The Kier molecular flexibility index (Phi) is 10.4. The van der Waals surface area contributed by atoms with Crippen LogP contribution in [0.2, 0.25) is 0 Å². The summed E-state index contributed by atoms with van der Waals surface area (Å²) in [5.74, 6) is 0.0912. The number of carbonyl (C=O) groups is 2. The van der Waals surface area contributed by atoms with Gasteiger partial charge in [0.05, 0.1) is 0 Å². The van der Waals surface area contributed by atoms with Gasteiger partial charge in [-0.25, -0.2) is 4.39 Å². The lowest BCUT2D eigenvalue weighted by Crippen LogP contribution is -2.33. The molecule has 0 unspecified atom stereocenters. The normalized spacial score (nSPS) is 14.4. The topological polar surface area (TPSA) is 66.6 Å². The zero-order valence-corrected chi connectivity index (χ0v) is 23.4. The number of ketones is 1. The van der Waals surface area contributed by atoms with Crippen molar-refractivity contribution in [2.75, 3.05) is 19.6 Å². The van der Waals surface area contributed by atoms with E-state index in [1.165, 1.54) is 12.1 Å². The first kappa shape index (κ1) is 29.4. The summed E-state index contributed by atoms with van der Waals surface area (Å²) >= 11 is 0. The number of likely N-dealkylation sites (tertiary alicyclic amines) is 1. The number of Topliss-reactive ketones (excluding diaryl/α,β-unsaturated/α-hetero) is 1. The molecule has 1 fully saturated rings. The smallest absolute Gasteiger partial charge is 0.248 e. The van der Waals surface area contributed by atoms with Crippen molar-refractivity contribution in [2.24, 2.45) is 11.7 Å². The molecule has 1 amide bonds. The number of nitrogens with two attached hydrogens (primary N) is 1. The van der Waals surface area contributed by atoms with E-state index < -0.39 is 5.91 Å². The largest absolute Gasteiger partial charge is 0.366 e. The van der Waals surface area contributed by atoms with Gasteiger partial charge in [-0.15, -0.1) is 0 Å². The minimum atomic E-state index is -0.399. The van der Waals surface area contributed by atoms with Gasteiger partial charge < -0.3 is 5.73 Å². The van der Waals surface area contributed by atoms with E-state index in [0.717, 1.165) is 73.3 Å². The van der Waals surface area contributed by atoms with E-state index in [0.29, 0.717) is 31.0 Å². The molecule has 0 radical (unpaired) electrons. The Hall–Kier alpha value is -3.61. The summed E-state index contributed by atoms with van der Waals surface area (Å²) in [7, 11) is 0. The lowest BCUT2D eigenvalue weighted by molar-refractivity contribution is 0.0959. The fraction of sp³-hybridized carbons (Fsp3) is 0.353. The van der Waals surface area contributed by atoms with Gasteiger partial charge >= 0.3 is 0 Å². The molecule has 0 saturated carbocycles. The molecule has 1 aliphatic heterocycles. The molecular weight excluding hydrogens is 501 g/mol. The Morgan fingerprint density at radius 3 is 2.42 bits per heavy atom. The summed E-state index contributed by atoms with van der Waals surface area (Å²) < 4.78 is 13.3. The van der Waals surface area contributed by atoms with Gasteiger partial charge in [-0.1, -0.05) is 56.0 Å². The molecule has 1 aliphatic rings. The summed E-state index contributed by atoms with van der Waals surface area (Å²) in [6.45, 7) is 11.1. The van der Waals surface area contributed by atoms with Crippen LogP contribution in [0.3, 0.4) is 0 Å². The van der Waals surface area contributed by atoms with Crippen molar-refractivity contribution in [3.63, 3.8) is 0 Å². The molecule has 0 spiro atoms. The van der Waals surface area contributed by atoms with Gasteiger partial charge in [-0.05, 0) is 97.4 Å². The van der Waals surface area contributed by atoms with Crippen LogP contribution in [0.25, 0.3) is 6.08 Å². The van der Waals surface area contributed by atoms with E-state index in [1.54, 1.807) is 6.07 Å². The second kappa shape index (κ2) is 14.1. The molecule has 2 N–H and O–H groups in total. The van der Waals surface area contributed by atoms with Crippen molar-refractivity contribution in [3.8, 4) is 0 Å². The minimum Gasteiger partial charge on any atom is -0.366 e. The predicted octanol–water partition coefficient (Wildman–Crippen LogP) is 6.46. The van der Waals surface area contributed by atoms with E-state index in [4.69, 9.17) is 5.73 Å². The van der Waals surface area contributed by atoms with Crippen molar-refractivity contribution in [1.82, 2.24) is 9.80 Å². The average Bonchev–Trinajstić information content (AvgIpc) is 2.97. The molecule has 40 heavy (non-hydrogen) atoms. The highest BCUT2D eigenvalue weighted by Gasteiger charge is 2.21. The predicted molar refractivity (Wildman–Crippen MR) is 159 cm³/mol. The number of piperidine rings is 1. The van der Waals surface area contributed by atoms with Gasteiger partial charge in [0.15, 0.2) is 5.78 Å². The molecular formula is C34H40FN3O2. The molecule has 210 valence electrons. The first-order chi connectivity index (χ1) is 19.3. The van der Waals surface area contributed by atoms with Crippen LogP contribution in [0, 0.1) is 11.7 Å². The second-order valence-corrected chi connectivity index (χ2v) is 10.8. The van der Waals surface area contributed by atoms with Crippen LogP contribution in [0.15, 0.2) is 73.3 Å². The molecule has 3 aromatic carbocycles. The molecule has 0 aliphatic carbocycles. The number of rotatable bonds is 13. The molecule has 4 rings (SSSR count). The average molecular weight is 542 g/mol. The number of nitrogens with zero attached hydrogens (tertiary/aromatic N) is 2. The van der Waals surface area contributed by atoms with Crippen molar-refractivity contribution in [1.29, 1.82) is 0 Å². The number of carbonyl (C=O) groups excluding carboxylic acids is 2. The third kappa shape index (κ3) is 8.20. The fourth-order valence-corrected chi connectivity index (χ4v) is 5.48. The SMILES string of the molecule is C=Cc1ccc(C(=O)CCC2CCN(Cc3cccc(C(N)=O)c3)CC2)cc1CN(CC)Cc1ccc(F)cc1. The van der Waals surface area contributed by atoms with Crippen molar-refractivity contribution in [3.05, 3.63) is 113 Å². The first-order valence-corrected chi connectivity index (χ1v) is 14.2. The van der Waals surface area contributed by atoms with Crippen LogP contribution >= 0.6 is 0 Å². The molecule has 3 aromatic rings. The summed E-state index contributed by atoms with van der Waals surface area (Å²) in [6, 6.07) is 20.1. The monoisotopic (exact) mass is 541 g/mol. The van der Waals surface area contributed by atoms with Crippen LogP contribution in [0.4, 0.5) is 4.39 Å². The van der Waals surface area contributed by atoms with E-state index in [1.807, 2.05) is 54.6 Å². The molecule has 0 aromatic heterocycles. The van der Waals surface area contributed by atoms with Crippen LogP contribution in [-0.2, 0) is 19.6 Å². The van der Waals surface area contributed by atoms with Crippen LogP contribution in [0.1, 0.15) is 75.6 Å². The Morgan fingerprint density at radius 2 is 1.75 bits per heavy atom. The lowest BCUT2D eigenvalue weighted by Gasteiger charge is -2.32. The summed E-state index contributed by atoms with van der Waals surface area (Å²) in [5, 5.41) is 0. The van der Waals surface area contributed by atoms with Crippen molar-refractivity contribution >= 4 is 17.8 Å². The number of benzene rings is 3. The summed E-state index contributed by atoms with van der Waals surface area (Å²) in [4.78, 5) is 29.3. The van der Waals surface area contributed by atoms with Crippen LogP contribution in [-0.4, -0.2) is 41.1 Å². The first-order valence-electron chi connectivity index (χ1n) is 14.2. The lowest BCUT2D eigenvalue weighted by atomic mass is 9.89. The third-order valence-corrected chi connectivity index (χ3v) is 7.95. The number of halogens is 1. The third-order valence-electron chi connectivity index (χ3n) is 7.95. The maximum Gasteiger partial charge on any atom is 0.248 e. The number of amides is 1. The molecule has 1 heterocycles. The Morgan fingerprint density at radius 1 is 1.00 bits per heavy atom. The summed E-state index contributed by atoms with van der Waals surface area (Å²) in [5.41, 5.74) is 11.0. The number of hydrogen-bond donors (Lipinski definition) is 1. The fourth-order valence-electron chi connectivity index (χ4n) is 5.48. The highest BCUT2D eigenvalue weighted by molar-refractivity contribution is 5.96. The van der Waals surface area contributed by atoms with E-state index in [-0.39, 0.29) is 11.6 Å². The van der Waals surface area contributed by atoms with Gasteiger partial charge in [-0.3, -0.25) is 19.4 Å². The standard InChI is InChI=1S/C34H40FN3O2/c1-3-28-11-12-29(21-31(28)24-37(4-2)22-26-8-13-32(35)14-9-26)33(39)15-10-25-16-18-38(19-17-25)23-27-6-5-7-30(20-27)34(36)40/h3,5-9,11-14,20-21,25H,1,4,10,15-19,22-24H2,2H3,(H2,36,40). The maximum absolute atomic E-state index is 13.3. The van der Waals surface area contributed by atoms with E-state index in [2.05, 4.69) is 23.3 Å². The van der Waals surface area contributed by atoms with Gasteiger partial charge in [-0.2, -0.15) is 0 Å². The van der Waals surface area contributed by atoms with Crippen molar-refractivity contribution in [2.45, 2.75) is 52.2 Å². The van der Waals surface area contributed by atoms with Gasteiger partial charge in [0.1, 0.15) is 5.82 Å². The second-order valence-electron chi connectivity index (χ2n) is 10.8.